The number of quaternary nitrogens is 1. The van der Waals surface area contributed by atoms with Gasteiger partial charge in [-0.25, -0.2) is 8.78 Å². The van der Waals surface area contributed by atoms with Crippen molar-refractivity contribution < 1.29 is 18.5 Å². The summed E-state index contributed by atoms with van der Waals surface area (Å²) < 4.78 is 26.8. The van der Waals surface area contributed by atoms with E-state index in [-0.39, 0.29) is 17.4 Å². The molecule has 2 aromatic carbocycles. The molecule has 4 nitrogen and oxygen atoms in total. The molecule has 1 fully saturated rings. The fraction of sp³-hybridized carbons (Fsp3) is 0.316. The Hall–Kier alpha value is -2.47. The minimum atomic E-state index is -0.413. The Labute approximate surface area is 146 Å². The molecule has 0 aliphatic carbocycles. The zero-order chi connectivity index (χ0) is 17.8. The lowest BCUT2D eigenvalue weighted by molar-refractivity contribution is -0.892. The maximum atomic E-state index is 13.8. The topological polar surface area (TPSA) is 36.8 Å². The van der Waals surface area contributed by atoms with Crippen molar-refractivity contribution in [1.82, 2.24) is 0 Å². The third kappa shape index (κ3) is 4.54. The van der Waals surface area contributed by atoms with Gasteiger partial charge in [-0.1, -0.05) is 6.07 Å². The zero-order valence-electron chi connectivity index (χ0n) is 14.2. The lowest BCUT2D eigenvalue weighted by Crippen LogP contribution is -3.15. The van der Waals surface area contributed by atoms with Gasteiger partial charge in [-0.05, 0) is 48.9 Å². The average molecular weight is 346 g/mol. The number of hydrogen-bond donors (Lipinski definition) is 2. The maximum absolute atomic E-state index is 13.8. The number of carbonyl (C=O) groups is 1. The lowest BCUT2D eigenvalue weighted by atomic mass is 10.2. The van der Waals surface area contributed by atoms with Crippen molar-refractivity contribution in [3.05, 3.63) is 59.7 Å². The second-order valence-electron chi connectivity index (χ2n) is 6.42. The zero-order valence-corrected chi connectivity index (χ0v) is 14.2. The van der Waals surface area contributed by atoms with Crippen LogP contribution < -0.4 is 15.1 Å². The number of rotatable bonds is 4. The van der Waals surface area contributed by atoms with Crippen LogP contribution in [0.4, 0.5) is 20.2 Å². The van der Waals surface area contributed by atoms with Crippen molar-refractivity contribution in [3.63, 3.8) is 0 Å². The first kappa shape index (κ1) is 17.4. The van der Waals surface area contributed by atoms with Crippen LogP contribution in [0.15, 0.2) is 42.5 Å². The molecule has 1 aliphatic heterocycles. The van der Waals surface area contributed by atoms with Crippen LogP contribution in [-0.2, 0) is 4.79 Å². The highest BCUT2D eigenvalue weighted by atomic mass is 19.1. The van der Waals surface area contributed by atoms with Crippen molar-refractivity contribution >= 4 is 17.3 Å². The highest BCUT2D eigenvalue weighted by molar-refractivity contribution is 5.91. The Balaban J connectivity index is 1.50. The summed E-state index contributed by atoms with van der Waals surface area (Å²) in [5, 5.41) is 2.64. The predicted octanol–water partition coefficient (Wildman–Crippen LogP) is 1.62. The maximum Gasteiger partial charge on any atom is 0.279 e. The standard InChI is InChI=1S/C19H21F2N3O/c1-14-2-7-18(17(21)12-14)22-19(25)13-23-8-10-24(11-9-23)16-5-3-15(20)4-6-16/h2-7,12H,8-11,13H2,1H3,(H,22,25)/p+1. The molecule has 1 aliphatic rings. The molecule has 6 heteroatoms. The molecule has 0 radical (unpaired) electrons. The van der Waals surface area contributed by atoms with E-state index in [1.807, 2.05) is 0 Å². The molecule has 1 heterocycles. The van der Waals surface area contributed by atoms with Crippen LogP contribution in [0.25, 0.3) is 0 Å². The summed E-state index contributed by atoms with van der Waals surface area (Å²) in [6.45, 7) is 5.33. The molecule has 0 atom stereocenters. The number of benzene rings is 2. The van der Waals surface area contributed by atoms with Crippen LogP contribution in [0.1, 0.15) is 5.56 Å². The SMILES string of the molecule is Cc1ccc(NC(=O)C[NH+]2CCN(c3ccc(F)cc3)CC2)c(F)c1. The number of piperazine rings is 1. The molecule has 2 aromatic rings. The van der Waals surface area contributed by atoms with Gasteiger partial charge in [0.15, 0.2) is 6.54 Å². The molecule has 132 valence electrons. The molecular weight excluding hydrogens is 324 g/mol. The number of amides is 1. The predicted molar refractivity (Wildman–Crippen MR) is 93.9 cm³/mol. The minimum Gasteiger partial charge on any atom is -0.360 e. The molecule has 0 spiro atoms. The molecule has 1 saturated heterocycles. The van der Waals surface area contributed by atoms with Crippen molar-refractivity contribution in [2.75, 3.05) is 42.9 Å². The van der Waals surface area contributed by atoms with Crippen LogP contribution in [0, 0.1) is 18.6 Å². The first-order chi connectivity index (χ1) is 12.0. The largest absolute Gasteiger partial charge is 0.360 e. The third-order valence-corrected chi connectivity index (χ3v) is 4.47. The average Bonchev–Trinajstić information content (AvgIpc) is 2.59. The smallest absolute Gasteiger partial charge is 0.279 e. The number of halogens is 2. The fourth-order valence-electron chi connectivity index (χ4n) is 3.05. The number of carbonyl (C=O) groups excluding carboxylic acids is 1. The van der Waals surface area contributed by atoms with E-state index < -0.39 is 5.82 Å². The molecule has 0 unspecified atom stereocenters. The number of anilines is 2. The van der Waals surface area contributed by atoms with Gasteiger partial charge in [0.25, 0.3) is 5.91 Å². The molecule has 1 amide bonds. The fourth-order valence-corrected chi connectivity index (χ4v) is 3.05. The van der Waals surface area contributed by atoms with Gasteiger partial charge in [0.2, 0.25) is 0 Å². The van der Waals surface area contributed by atoms with Crippen molar-refractivity contribution in [3.8, 4) is 0 Å². The van der Waals surface area contributed by atoms with Crippen LogP contribution in [0.3, 0.4) is 0 Å². The normalized spacial score (nSPS) is 15.2. The first-order valence-electron chi connectivity index (χ1n) is 8.41. The molecule has 25 heavy (non-hydrogen) atoms. The van der Waals surface area contributed by atoms with Gasteiger partial charge in [-0.2, -0.15) is 0 Å². The Kier molecular flexibility index (Phi) is 5.28. The van der Waals surface area contributed by atoms with E-state index in [9.17, 15) is 13.6 Å². The van der Waals surface area contributed by atoms with E-state index in [0.717, 1.165) is 42.3 Å². The summed E-state index contributed by atoms with van der Waals surface area (Å²) in [7, 11) is 0. The monoisotopic (exact) mass is 346 g/mol. The highest BCUT2D eigenvalue weighted by Gasteiger charge is 2.22. The van der Waals surface area contributed by atoms with Crippen molar-refractivity contribution in [2.24, 2.45) is 0 Å². The molecular formula is C19H22F2N3O+. The van der Waals surface area contributed by atoms with E-state index in [2.05, 4.69) is 10.2 Å². The number of nitrogens with zero attached hydrogens (tertiary/aromatic N) is 1. The highest BCUT2D eigenvalue weighted by Crippen LogP contribution is 2.15. The summed E-state index contributed by atoms with van der Waals surface area (Å²) >= 11 is 0. The van der Waals surface area contributed by atoms with Crippen LogP contribution in [-0.4, -0.2) is 38.6 Å². The molecule has 0 aromatic heterocycles. The minimum absolute atomic E-state index is 0.187. The second kappa shape index (κ2) is 7.61. The number of hydrogen-bond acceptors (Lipinski definition) is 2. The second-order valence-corrected chi connectivity index (χ2v) is 6.42. The Bertz CT molecular complexity index is 741. The van der Waals surface area contributed by atoms with Crippen molar-refractivity contribution in [1.29, 1.82) is 0 Å². The van der Waals surface area contributed by atoms with E-state index in [4.69, 9.17) is 0 Å². The van der Waals surface area contributed by atoms with Gasteiger partial charge >= 0.3 is 0 Å². The molecule has 3 rings (SSSR count). The Morgan fingerprint density at radius 1 is 1.12 bits per heavy atom. The van der Waals surface area contributed by atoms with Gasteiger partial charge in [-0.3, -0.25) is 4.79 Å². The van der Waals surface area contributed by atoms with Gasteiger partial charge in [0.05, 0.1) is 31.9 Å². The van der Waals surface area contributed by atoms with Gasteiger partial charge in [0.1, 0.15) is 11.6 Å². The first-order valence-corrected chi connectivity index (χ1v) is 8.41. The lowest BCUT2D eigenvalue weighted by Gasteiger charge is -2.33. The quantitative estimate of drug-likeness (QED) is 0.883. The summed E-state index contributed by atoms with van der Waals surface area (Å²) in [5.41, 5.74) is 2.03. The van der Waals surface area contributed by atoms with E-state index >= 15 is 0 Å². The Morgan fingerprint density at radius 3 is 2.44 bits per heavy atom. The Morgan fingerprint density at radius 2 is 1.80 bits per heavy atom. The van der Waals surface area contributed by atoms with Gasteiger partial charge in [-0.15, -0.1) is 0 Å². The summed E-state index contributed by atoms with van der Waals surface area (Å²) in [6.07, 6.45) is 0. The van der Waals surface area contributed by atoms with E-state index in [1.54, 1.807) is 31.2 Å². The third-order valence-electron chi connectivity index (χ3n) is 4.47. The summed E-state index contributed by atoms with van der Waals surface area (Å²) in [4.78, 5) is 15.5. The molecule has 0 saturated carbocycles. The molecule has 0 bridgehead atoms. The number of aryl methyl sites for hydroxylation is 1. The number of nitrogens with one attached hydrogen (secondary N) is 2. The van der Waals surface area contributed by atoms with Gasteiger partial charge < -0.3 is 15.1 Å². The van der Waals surface area contributed by atoms with Crippen LogP contribution in [0.5, 0.6) is 0 Å². The van der Waals surface area contributed by atoms with Crippen molar-refractivity contribution in [2.45, 2.75) is 6.92 Å². The van der Waals surface area contributed by atoms with Crippen LogP contribution in [0.2, 0.25) is 0 Å². The van der Waals surface area contributed by atoms with Gasteiger partial charge in [0, 0.05) is 5.69 Å². The van der Waals surface area contributed by atoms with E-state index in [1.165, 1.54) is 18.2 Å². The van der Waals surface area contributed by atoms with Crippen LogP contribution >= 0.6 is 0 Å². The molecule has 2 N–H and O–H groups in total. The van der Waals surface area contributed by atoms with E-state index in [0.29, 0.717) is 6.54 Å². The summed E-state index contributed by atoms with van der Waals surface area (Å²) in [5.74, 6) is -0.842. The summed E-state index contributed by atoms with van der Waals surface area (Å²) in [6, 6.07) is 11.2.